The highest BCUT2D eigenvalue weighted by Gasteiger charge is 2.30. The van der Waals surface area contributed by atoms with Crippen molar-refractivity contribution in [1.29, 1.82) is 0 Å². The number of aliphatic hydroxyl groups is 1. The minimum absolute atomic E-state index is 0.0122. The lowest BCUT2D eigenvalue weighted by Gasteiger charge is -2.38. The number of benzene rings is 1. The highest BCUT2D eigenvalue weighted by Crippen LogP contribution is 2.30. The third-order valence-electron chi connectivity index (χ3n) is 4.23. The summed E-state index contributed by atoms with van der Waals surface area (Å²) >= 11 is 0. The Morgan fingerprint density at radius 1 is 1.55 bits per heavy atom. The summed E-state index contributed by atoms with van der Waals surface area (Å²) < 4.78 is 5.67. The summed E-state index contributed by atoms with van der Waals surface area (Å²) in [6.07, 6.45) is 2.04. The van der Waals surface area contributed by atoms with Gasteiger partial charge in [0.25, 0.3) is 5.69 Å². The Labute approximate surface area is 127 Å². The third-order valence-corrected chi connectivity index (χ3v) is 4.23. The van der Waals surface area contributed by atoms with Crippen molar-refractivity contribution in [2.24, 2.45) is 5.41 Å². The molecular weight excluding hydrogens is 286 g/mol. The lowest BCUT2D eigenvalue weighted by molar-refractivity contribution is -0.384. The Bertz CT molecular complexity index is 699. The number of piperidine rings is 1. The molecule has 1 N–H and O–H groups in total. The second-order valence-electron chi connectivity index (χ2n) is 6.30. The van der Waals surface area contributed by atoms with Crippen LogP contribution < -0.4 is 0 Å². The van der Waals surface area contributed by atoms with Crippen LogP contribution in [-0.2, 0) is 6.54 Å². The Hall–Kier alpha value is -1.99. The number of aliphatic hydroxyl groups excluding tert-OH is 1. The van der Waals surface area contributed by atoms with Gasteiger partial charge in [-0.1, -0.05) is 6.92 Å². The minimum Gasteiger partial charge on any atom is -0.439 e. The van der Waals surface area contributed by atoms with Crippen molar-refractivity contribution in [3.63, 3.8) is 0 Å². The summed E-state index contributed by atoms with van der Waals surface area (Å²) in [5.74, 6) is 0.553. The number of hydrogen-bond donors (Lipinski definition) is 1. The van der Waals surface area contributed by atoms with E-state index in [0.717, 1.165) is 25.9 Å². The van der Waals surface area contributed by atoms with Crippen molar-refractivity contribution < 1.29 is 14.4 Å². The normalized spacial score (nSPS) is 23.0. The maximum Gasteiger partial charge on any atom is 0.271 e. The van der Waals surface area contributed by atoms with E-state index in [9.17, 15) is 15.2 Å². The molecule has 2 aromatic rings. The number of oxazole rings is 1. The molecule has 2 heterocycles. The SMILES string of the molecule is CC1(CO)CCCN(Cc2nc3cc([N+](=O)[O-])ccc3o2)C1. The van der Waals surface area contributed by atoms with E-state index in [1.807, 2.05) is 0 Å². The molecule has 1 aromatic heterocycles. The Balaban J connectivity index is 1.78. The van der Waals surface area contributed by atoms with Crippen LogP contribution in [0.2, 0.25) is 0 Å². The highest BCUT2D eigenvalue weighted by atomic mass is 16.6. The van der Waals surface area contributed by atoms with E-state index < -0.39 is 4.92 Å². The predicted molar refractivity (Wildman–Crippen MR) is 80.4 cm³/mol. The highest BCUT2D eigenvalue weighted by molar-refractivity contribution is 5.75. The van der Waals surface area contributed by atoms with Gasteiger partial charge in [-0.05, 0) is 25.5 Å². The van der Waals surface area contributed by atoms with Crippen molar-refractivity contribution in [3.8, 4) is 0 Å². The van der Waals surface area contributed by atoms with Gasteiger partial charge < -0.3 is 9.52 Å². The molecule has 7 nitrogen and oxygen atoms in total. The first-order chi connectivity index (χ1) is 10.5. The van der Waals surface area contributed by atoms with Crippen LogP contribution in [0.25, 0.3) is 11.1 Å². The molecule has 1 saturated heterocycles. The van der Waals surface area contributed by atoms with E-state index in [2.05, 4.69) is 16.8 Å². The van der Waals surface area contributed by atoms with Gasteiger partial charge in [0, 0.05) is 30.7 Å². The van der Waals surface area contributed by atoms with Gasteiger partial charge in [0.2, 0.25) is 5.89 Å². The molecule has 1 atom stereocenters. The zero-order chi connectivity index (χ0) is 15.7. The van der Waals surface area contributed by atoms with E-state index >= 15 is 0 Å². The van der Waals surface area contributed by atoms with Crippen molar-refractivity contribution in [2.45, 2.75) is 26.3 Å². The van der Waals surface area contributed by atoms with Gasteiger partial charge in [0.05, 0.1) is 11.5 Å². The summed E-state index contributed by atoms with van der Waals surface area (Å²) in [4.78, 5) is 16.9. The fourth-order valence-corrected chi connectivity index (χ4v) is 3.03. The van der Waals surface area contributed by atoms with Crippen LogP contribution in [0.3, 0.4) is 0 Å². The first kappa shape index (κ1) is 14.9. The first-order valence-electron chi connectivity index (χ1n) is 7.36. The summed E-state index contributed by atoms with van der Waals surface area (Å²) in [5, 5.41) is 20.3. The molecule has 118 valence electrons. The van der Waals surface area contributed by atoms with Gasteiger partial charge in [-0.15, -0.1) is 0 Å². The zero-order valence-electron chi connectivity index (χ0n) is 12.5. The molecule has 7 heteroatoms. The largest absolute Gasteiger partial charge is 0.439 e. The van der Waals surface area contributed by atoms with Gasteiger partial charge in [0.1, 0.15) is 5.52 Å². The van der Waals surface area contributed by atoms with E-state index in [1.165, 1.54) is 12.1 Å². The summed E-state index contributed by atoms with van der Waals surface area (Å²) in [5.41, 5.74) is 0.995. The van der Waals surface area contributed by atoms with E-state index in [4.69, 9.17) is 4.42 Å². The number of likely N-dealkylation sites (tertiary alicyclic amines) is 1. The lowest BCUT2D eigenvalue weighted by atomic mass is 9.83. The lowest BCUT2D eigenvalue weighted by Crippen LogP contribution is -2.43. The number of non-ortho nitro benzene ring substituents is 1. The van der Waals surface area contributed by atoms with Crippen molar-refractivity contribution >= 4 is 16.8 Å². The maximum atomic E-state index is 10.8. The number of nitro benzene ring substituents is 1. The second-order valence-corrected chi connectivity index (χ2v) is 6.30. The molecule has 1 unspecified atom stereocenters. The molecule has 1 aliphatic heterocycles. The van der Waals surface area contributed by atoms with E-state index in [-0.39, 0.29) is 17.7 Å². The molecular formula is C15H19N3O4. The average molecular weight is 305 g/mol. The summed E-state index contributed by atoms with van der Waals surface area (Å²) in [6.45, 7) is 4.53. The molecule has 0 saturated carbocycles. The summed E-state index contributed by atoms with van der Waals surface area (Å²) in [6, 6.07) is 4.43. The zero-order valence-corrected chi connectivity index (χ0v) is 12.5. The van der Waals surface area contributed by atoms with Crippen LogP contribution in [0, 0.1) is 15.5 Å². The van der Waals surface area contributed by atoms with Gasteiger partial charge >= 0.3 is 0 Å². The van der Waals surface area contributed by atoms with Gasteiger partial charge in [-0.25, -0.2) is 4.98 Å². The first-order valence-corrected chi connectivity index (χ1v) is 7.36. The van der Waals surface area contributed by atoms with Crippen LogP contribution in [0.4, 0.5) is 5.69 Å². The van der Waals surface area contributed by atoms with Crippen LogP contribution >= 0.6 is 0 Å². The molecule has 3 rings (SSSR count). The van der Waals surface area contributed by atoms with Crippen molar-refractivity contribution in [2.75, 3.05) is 19.7 Å². The van der Waals surface area contributed by atoms with E-state index in [1.54, 1.807) is 6.07 Å². The molecule has 0 aliphatic carbocycles. The van der Waals surface area contributed by atoms with Gasteiger partial charge in [0.15, 0.2) is 5.58 Å². The topological polar surface area (TPSA) is 92.6 Å². The van der Waals surface area contributed by atoms with Crippen LogP contribution in [0.15, 0.2) is 22.6 Å². The molecule has 1 fully saturated rings. The monoisotopic (exact) mass is 305 g/mol. The van der Waals surface area contributed by atoms with Crippen LogP contribution in [-0.4, -0.2) is 39.6 Å². The van der Waals surface area contributed by atoms with Crippen molar-refractivity contribution in [1.82, 2.24) is 9.88 Å². The summed E-state index contributed by atoms with van der Waals surface area (Å²) in [7, 11) is 0. The fraction of sp³-hybridized carbons (Fsp3) is 0.533. The number of fused-ring (bicyclic) bond motifs is 1. The van der Waals surface area contributed by atoms with Crippen LogP contribution in [0.1, 0.15) is 25.7 Å². The quantitative estimate of drug-likeness (QED) is 0.688. The molecule has 1 aromatic carbocycles. The standard InChI is InChI=1S/C15H19N3O4/c1-15(10-19)5-2-6-17(9-15)8-14-16-12-7-11(18(20)21)3-4-13(12)22-14/h3-4,7,19H,2,5-6,8-10H2,1H3. The molecule has 22 heavy (non-hydrogen) atoms. The Kier molecular flexibility index (Phi) is 3.84. The van der Waals surface area contributed by atoms with Gasteiger partial charge in [-0.2, -0.15) is 0 Å². The maximum absolute atomic E-state index is 10.8. The number of aromatic nitrogens is 1. The number of rotatable bonds is 4. The third kappa shape index (κ3) is 2.95. The Morgan fingerprint density at radius 2 is 2.36 bits per heavy atom. The molecule has 0 amide bonds. The van der Waals surface area contributed by atoms with Crippen molar-refractivity contribution in [3.05, 3.63) is 34.2 Å². The molecule has 1 aliphatic rings. The number of hydrogen-bond acceptors (Lipinski definition) is 6. The average Bonchev–Trinajstić information content (AvgIpc) is 2.88. The number of nitro groups is 1. The predicted octanol–water partition coefficient (Wildman–Crippen LogP) is 2.33. The smallest absolute Gasteiger partial charge is 0.271 e. The molecule has 0 radical (unpaired) electrons. The number of nitrogens with zero attached hydrogens (tertiary/aromatic N) is 3. The van der Waals surface area contributed by atoms with Gasteiger partial charge in [-0.3, -0.25) is 15.0 Å². The molecule has 0 bridgehead atoms. The van der Waals surface area contributed by atoms with Crippen LogP contribution in [0.5, 0.6) is 0 Å². The van der Waals surface area contributed by atoms with E-state index in [0.29, 0.717) is 23.5 Å². The fourth-order valence-electron chi connectivity index (χ4n) is 3.03. The second kappa shape index (κ2) is 5.66. The molecule has 0 spiro atoms. The minimum atomic E-state index is -0.439. The Morgan fingerprint density at radius 3 is 3.09 bits per heavy atom.